The third kappa shape index (κ3) is 2.46. The number of nitrogens with two attached hydrogens (primary N) is 1. The van der Waals surface area contributed by atoms with Gasteiger partial charge in [-0.1, -0.05) is 0 Å². The van der Waals surface area contributed by atoms with E-state index in [1.807, 2.05) is 0 Å². The van der Waals surface area contributed by atoms with Crippen LogP contribution in [0.25, 0.3) is 0 Å². The highest BCUT2D eigenvalue weighted by atomic mass is 19.4. The monoisotopic (exact) mass is 270 g/mol. The maximum absolute atomic E-state index is 12.9. The van der Waals surface area contributed by atoms with Crippen molar-refractivity contribution in [1.82, 2.24) is 14.8 Å². The summed E-state index contributed by atoms with van der Waals surface area (Å²) < 4.78 is 40.3. The highest BCUT2D eigenvalue weighted by molar-refractivity contribution is 5.37. The first-order chi connectivity index (χ1) is 8.82. The summed E-state index contributed by atoms with van der Waals surface area (Å²) >= 11 is 0. The van der Waals surface area contributed by atoms with Crippen LogP contribution in [0.4, 0.5) is 13.2 Å². The fraction of sp³-hybridized carbons (Fsp3) is 0.333. The molecule has 19 heavy (non-hydrogen) atoms. The SMILES string of the molecule is Cc1c(C(N)c2cnccc2C(F)(F)F)cnn1C. The molecule has 0 amide bonds. The number of hydrogen-bond donors (Lipinski definition) is 1. The Labute approximate surface area is 108 Å². The van der Waals surface area contributed by atoms with Crippen LogP contribution < -0.4 is 5.73 Å². The van der Waals surface area contributed by atoms with Crippen molar-refractivity contribution in [2.75, 3.05) is 0 Å². The van der Waals surface area contributed by atoms with Gasteiger partial charge in [0.1, 0.15) is 0 Å². The van der Waals surface area contributed by atoms with Gasteiger partial charge >= 0.3 is 6.18 Å². The molecule has 7 heteroatoms. The lowest BCUT2D eigenvalue weighted by Crippen LogP contribution is -2.19. The van der Waals surface area contributed by atoms with Gasteiger partial charge < -0.3 is 5.73 Å². The summed E-state index contributed by atoms with van der Waals surface area (Å²) in [5.41, 5.74) is 6.40. The van der Waals surface area contributed by atoms with E-state index in [-0.39, 0.29) is 5.56 Å². The van der Waals surface area contributed by atoms with E-state index < -0.39 is 17.8 Å². The molecule has 0 fully saturated rings. The van der Waals surface area contributed by atoms with Crippen LogP contribution >= 0.6 is 0 Å². The number of nitrogens with zero attached hydrogens (tertiary/aromatic N) is 3. The summed E-state index contributed by atoms with van der Waals surface area (Å²) in [4.78, 5) is 3.73. The number of alkyl halides is 3. The van der Waals surface area contributed by atoms with Crippen LogP contribution in [-0.2, 0) is 13.2 Å². The van der Waals surface area contributed by atoms with Crippen molar-refractivity contribution < 1.29 is 13.2 Å². The van der Waals surface area contributed by atoms with E-state index in [1.165, 1.54) is 6.20 Å². The Morgan fingerprint density at radius 2 is 1.95 bits per heavy atom. The molecule has 0 bridgehead atoms. The molecule has 0 saturated heterocycles. The summed E-state index contributed by atoms with van der Waals surface area (Å²) in [6.07, 6.45) is -0.714. The third-order valence-electron chi connectivity index (χ3n) is 3.10. The average molecular weight is 270 g/mol. The molecule has 2 N–H and O–H groups in total. The van der Waals surface area contributed by atoms with Gasteiger partial charge in [-0.15, -0.1) is 0 Å². The van der Waals surface area contributed by atoms with Gasteiger partial charge in [-0.2, -0.15) is 18.3 Å². The topological polar surface area (TPSA) is 56.7 Å². The highest BCUT2D eigenvalue weighted by Gasteiger charge is 2.35. The van der Waals surface area contributed by atoms with E-state index in [0.29, 0.717) is 5.56 Å². The maximum Gasteiger partial charge on any atom is 0.416 e. The second kappa shape index (κ2) is 4.65. The van der Waals surface area contributed by atoms with Crippen molar-refractivity contribution in [2.45, 2.75) is 19.1 Å². The predicted octanol–water partition coefficient (Wildman–Crippen LogP) is 2.19. The van der Waals surface area contributed by atoms with Crippen molar-refractivity contribution in [3.05, 3.63) is 47.0 Å². The largest absolute Gasteiger partial charge is 0.416 e. The van der Waals surface area contributed by atoms with Gasteiger partial charge in [-0.05, 0) is 13.0 Å². The summed E-state index contributed by atoms with van der Waals surface area (Å²) in [5.74, 6) is 0. The van der Waals surface area contributed by atoms with Gasteiger partial charge in [0.05, 0.1) is 17.8 Å². The molecular weight excluding hydrogens is 257 g/mol. The molecule has 2 heterocycles. The Morgan fingerprint density at radius 1 is 1.26 bits per heavy atom. The van der Waals surface area contributed by atoms with E-state index >= 15 is 0 Å². The molecule has 0 aliphatic rings. The number of halogens is 3. The normalized spacial score (nSPS) is 13.6. The smallest absolute Gasteiger partial charge is 0.320 e. The van der Waals surface area contributed by atoms with Crippen LogP contribution in [0.3, 0.4) is 0 Å². The number of rotatable bonds is 2. The number of hydrogen-bond acceptors (Lipinski definition) is 3. The van der Waals surface area contributed by atoms with Gasteiger partial charge in [0, 0.05) is 36.3 Å². The minimum absolute atomic E-state index is 0.0499. The van der Waals surface area contributed by atoms with Crippen LogP contribution in [0.15, 0.2) is 24.7 Å². The fourth-order valence-corrected chi connectivity index (χ4v) is 1.90. The zero-order valence-corrected chi connectivity index (χ0v) is 10.4. The van der Waals surface area contributed by atoms with Crippen molar-refractivity contribution in [1.29, 1.82) is 0 Å². The lowest BCUT2D eigenvalue weighted by Gasteiger charge is -2.17. The summed E-state index contributed by atoms with van der Waals surface area (Å²) in [6.45, 7) is 1.76. The molecule has 1 unspecified atom stereocenters. The van der Waals surface area contributed by atoms with Gasteiger partial charge in [0.25, 0.3) is 0 Å². The molecule has 1 atom stereocenters. The second-order valence-electron chi connectivity index (χ2n) is 4.25. The summed E-state index contributed by atoms with van der Waals surface area (Å²) in [5, 5.41) is 3.99. The third-order valence-corrected chi connectivity index (χ3v) is 3.10. The first-order valence-electron chi connectivity index (χ1n) is 5.57. The lowest BCUT2D eigenvalue weighted by atomic mass is 9.97. The quantitative estimate of drug-likeness (QED) is 0.910. The Balaban J connectivity index is 2.51. The Kier molecular flexibility index (Phi) is 3.32. The van der Waals surface area contributed by atoms with Gasteiger partial charge in [-0.25, -0.2) is 0 Å². The van der Waals surface area contributed by atoms with E-state index in [9.17, 15) is 13.2 Å². The summed E-state index contributed by atoms with van der Waals surface area (Å²) in [6, 6.07) is 0.0278. The van der Waals surface area contributed by atoms with Crippen LogP contribution in [0.5, 0.6) is 0 Å². The Bertz CT molecular complexity index is 589. The number of aryl methyl sites for hydroxylation is 1. The second-order valence-corrected chi connectivity index (χ2v) is 4.25. The number of aromatic nitrogens is 3. The number of pyridine rings is 1. The average Bonchev–Trinajstić information content (AvgIpc) is 2.68. The molecule has 0 aromatic carbocycles. The molecule has 0 aliphatic carbocycles. The van der Waals surface area contributed by atoms with E-state index in [4.69, 9.17) is 5.73 Å². The lowest BCUT2D eigenvalue weighted by molar-refractivity contribution is -0.138. The Hall–Kier alpha value is -1.89. The maximum atomic E-state index is 12.9. The molecule has 0 radical (unpaired) electrons. The van der Waals surface area contributed by atoms with Crippen molar-refractivity contribution in [3.8, 4) is 0 Å². The van der Waals surface area contributed by atoms with Crippen LogP contribution in [0, 0.1) is 6.92 Å². The molecule has 4 nitrogen and oxygen atoms in total. The molecule has 0 aliphatic heterocycles. The van der Waals surface area contributed by atoms with E-state index in [2.05, 4.69) is 10.1 Å². The predicted molar refractivity (Wildman–Crippen MR) is 63.2 cm³/mol. The molecule has 2 aromatic heterocycles. The van der Waals surface area contributed by atoms with Gasteiger partial charge in [0.15, 0.2) is 0 Å². The zero-order chi connectivity index (χ0) is 14.2. The molecule has 2 rings (SSSR count). The van der Waals surface area contributed by atoms with Crippen molar-refractivity contribution in [3.63, 3.8) is 0 Å². The molecular formula is C12H13F3N4. The first-order valence-corrected chi connectivity index (χ1v) is 5.57. The van der Waals surface area contributed by atoms with Crippen molar-refractivity contribution in [2.24, 2.45) is 12.8 Å². The first kappa shape index (κ1) is 13.5. The van der Waals surface area contributed by atoms with Gasteiger partial charge in [-0.3, -0.25) is 9.67 Å². The zero-order valence-electron chi connectivity index (χ0n) is 10.4. The summed E-state index contributed by atoms with van der Waals surface area (Å²) in [7, 11) is 1.71. The minimum Gasteiger partial charge on any atom is -0.320 e. The molecule has 0 spiro atoms. The van der Waals surface area contributed by atoms with E-state index in [0.717, 1.165) is 24.2 Å². The minimum atomic E-state index is -4.45. The highest BCUT2D eigenvalue weighted by Crippen LogP contribution is 2.35. The molecule has 0 saturated carbocycles. The van der Waals surface area contributed by atoms with E-state index in [1.54, 1.807) is 18.7 Å². The molecule has 2 aromatic rings. The Morgan fingerprint density at radius 3 is 2.47 bits per heavy atom. The fourth-order valence-electron chi connectivity index (χ4n) is 1.90. The van der Waals surface area contributed by atoms with Crippen LogP contribution in [0.2, 0.25) is 0 Å². The van der Waals surface area contributed by atoms with Crippen LogP contribution in [0.1, 0.15) is 28.4 Å². The molecule has 102 valence electrons. The van der Waals surface area contributed by atoms with Crippen molar-refractivity contribution >= 4 is 0 Å². The van der Waals surface area contributed by atoms with Crippen LogP contribution in [-0.4, -0.2) is 14.8 Å². The van der Waals surface area contributed by atoms with Gasteiger partial charge in [0.2, 0.25) is 0 Å². The standard InChI is InChI=1S/C12H13F3N4/c1-7-8(6-18-19(7)2)11(16)9-5-17-4-3-10(9)12(13,14)15/h3-6,11H,16H2,1-2H3.